The largest absolute Gasteiger partial charge is 0.378 e. The van der Waals surface area contributed by atoms with Crippen molar-refractivity contribution >= 4 is 17.8 Å². The van der Waals surface area contributed by atoms with Crippen molar-refractivity contribution in [2.45, 2.75) is 6.54 Å². The van der Waals surface area contributed by atoms with Gasteiger partial charge in [0.25, 0.3) is 0 Å². The van der Waals surface area contributed by atoms with Crippen molar-refractivity contribution in [2.24, 2.45) is 0 Å². The molecular weight excluding hydrogens is 358 g/mol. The first kappa shape index (κ1) is 18.4. The molecule has 4 heterocycles. The Balaban J connectivity index is 1.27. The van der Waals surface area contributed by atoms with Crippen LogP contribution in [0.2, 0.25) is 0 Å². The van der Waals surface area contributed by atoms with Crippen molar-refractivity contribution in [3.05, 3.63) is 42.4 Å². The van der Waals surface area contributed by atoms with Crippen LogP contribution in [0.3, 0.4) is 0 Å². The smallest absolute Gasteiger partial charge is 0.317 e. The normalized spacial score (nSPS) is 17.5. The Morgan fingerprint density at radius 1 is 0.964 bits per heavy atom. The molecule has 2 fully saturated rings. The van der Waals surface area contributed by atoms with Gasteiger partial charge >= 0.3 is 6.03 Å². The molecule has 2 amide bonds. The van der Waals surface area contributed by atoms with Gasteiger partial charge in [-0.1, -0.05) is 0 Å². The standard InChI is InChI=1S/C19H25N7O2/c27-19(26-8-6-25(7-9-26)18-21-3-1-4-22-18)23-15-16-2-5-20-17(14-16)24-10-12-28-13-11-24/h1-5,14H,6-13,15H2,(H,23,27). The summed E-state index contributed by atoms with van der Waals surface area (Å²) in [5, 5.41) is 3.02. The summed E-state index contributed by atoms with van der Waals surface area (Å²) in [6.45, 7) is 6.39. The number of urea groups is 1. The van der Waals surface area contributed by atoms with Crippen LogP contribution in [0.4, 0.5) is 16.6 Å². The lowest BCUT2D eigenvalue weighted by molar-refractivity contribution is 0.122. The lowest BCUT2D eigenvalue weighted by atomic mass is 10.2. The molecule has 1 N–H and O–H groups in total. The van der Waals surface area contributed by atoms with E-state index in [0.717, 1.165) is 56.7 Å². The van der Waals surface area contributed by atoms with Crippen molar-refractivity contribution in [3.63, 3.8) is 0 Å². The van der Waals surface area contributed by atoms with Crippen molar-refractivity contribution < 1.29 is 9.53 Å². The average molecular weight is 383 g/mol. The third kappa shape index (κ3) is 4.48. The van der Waals surface area contributed by atoms with Gasteiger partial charge in [0.15, 0.2) is 0 Å². The van der Waals surface area contributed by atoms with Gasteiger partial charge in [0, 0.05) is 64.4 Å². The molecule has 148 valence electrons. The summed E-state index contributed by atoms with van der Waals surface area (Å²) in [4.78, 5) is 31.7. The molecule has 0 unspecified atom stereocenters. The highest BCUT2D eigenvalue weighted by Crippen LogP contribution is 2.14. The molecule has 4 rings (SSSR count). The molecule has 0 aliphatic carbocycles. The van der Waals surface area contributed by atoms with Gasteiger partial charge in [0.05, 0.1) is 13.2 Å². The van der Waals surface area contributed by atoms with Crippen molar-refractivity contribution in [3.8, 4) is 0 Å². The number of pyridine rings is 1. The minimum Gasteiger partial charge on any atom is -0.378 e. The van der Waals surface area contributed by atoms with Gasteiger partial charge in [-0.3, -0.25) is 0 Å². The number of morpholine rings is 1. The van der Waals surface area contributed by atoms with Crippen LogP contribution in [0.25, 0.3) is 0 Å². The number of nitrogens with one attached hydrogen (secondary N) is 1. The first-order valence-electron chi connectivity index (χ1n) is 9.62. The predicted octanol–water partition coefficient (Wildman–Crippen LogP) is 0.740. The van der Waals surface area contributed by atoms with Gasteiger partial charge < -0.3 is 24.8 Å². The van der Waals surface area contributed by atoms with Gasteiger partial charge in [-0.25, -0.2) is 19.7 Å². The molecule has 2 aliphatic heterocycles. The van der Waals surface area contributed by atoms with Crippen LogP contribution in [-0.4, -0.2) is 78.4 Å². The van der Waals surface area contributed by atoms with Crippen molar-refractivity contribution in [1.29, 1.82) is 0 Å². The molecule has 0 bridgehead atoms. The highest BCUT2D eigenvalue weighted by Gasteiger charge is 2.22. The summed E-state index contributed by atoms with van der Waals surface area (Å²) < 4.78 is 5.39. The lowest BCUT2D eigenvalue weighted by Crippen LogP contribution is -2.52. The van der Waals surface area contributed by atoms with Gasteiger partial charge in [-0.05, 0) is 23.8 Å². The van der Waals surface area contributed by atoms with Crippen LogP contribution in [0.1, 0.15) is 5.56 Å². The van der Waals surface area contributed by atoms with E-state index >= 15 is 0 Å². The number of ether oxygens (including phenoxy) is 1. The number of hydrogen-bond donors (Lipinski definition) is 1. The number of hydrogen-bond acceptors (Lipinski definition) is 7. The number of rotatable bonds is 4. The second-order valence-electron chi connectivity index (χ2n) is 6.80. The molecule has 2 aromatic rings. The molecule has 9 nitrogen and oxygen atoms in total. The van der Waals surface area contributed by atoms with E-state index in [9.17, 15) is 4.79 Å². The first-order valence-corrected chi connectivity index (χ1v) is 9.62. The van der Waals surface area contributed by atoms with Crippen LogP contribution >= 0.6 is 0 Å². The summed E-state index contributed by atoms with van der Waals surface area (Å²) in [6.07, 6.45) is 5.27. The van der Waals surface area contributed by atoms with Gasteiger partial charge in [-0.2, -0.15) is 0 Å². The van der Waals surface area contributed by atoms with E-state index in [2.05, 4.69) is 30.1 Å². The number of carbonyl (C=O) groups is 1. The van der Waals surface area contributed by atoms with E-state index in [1.54, 1.807) is 24.7 Å². The Morgan fingerprint density at radius 2 is 1.71 bits per heavy atom. The number of piperazine rings is 1. The fourth-order valence-corrected chi connectivity index (χ4v) is 3.39. The van der Waals surface area contributed by atoms with E-state index in [-0.39, 0.29) is 6.03 Å². The second kappa shape index (κ2) is 8.83. The van der Waals surface area contributed by atoms with Gasteiger partial charge in [-0.15, -0.1) is 0 Å². The number of carbonyl (C=O) groups excluding carboxylic acids is 1. The van der Waals surface area contributed by atoms with E-state index < -0.39 is 0 Å². The second-order valence-corrected chi connectivity index (χ2v) is 6.80. The highest BCUT2D eigenvalue weighted by atomic mass is 16.5. The zero-order valence-electron chi connectivity index (χ0n) is 15.8. The van der Waals surface area contributed by atoms with Crippen LogP contribution < -0.4 is 15.1 Å². The quantitative estimate of drug-likeness (QED) is 0.833. The third-order valence-corrected chi connectivity index (χ3v) is 4.99. The van der Waals surface area contributed by atoms with Crippen molar-refractivity contribution in [1.82, 2.24) is 25.2 Å². The third-order valence-electron chi connectivity index (χ3n) is 4.99. The number of aromatic nitrogens is 3. The summed E-state index contributed by atoms with van der Waals surface area (Å²) >= 11 is 0. The Hall–Kier alpha value is -2.94. The SMILES string of the molecule is O=C(NCc1ccnc(N2CCOCC2)c1)N1CCN(c2ncccn2)CC1. The molecule has 9 heteroatoms. The fourth-order valence-electron chi connectivity index (χ4n) is 3.39. The van der Waals surface area contributed by atoms with E-state index in [0.29, 0.717) is 19.6 Å². The van der Waals surface area contributed by atoms with Gasteiger partial charge in [0.2, 0.25) is 5.95 Å². The molecule has 2 saturated heterocycles. The fraction of sp³-hybridized carbons (Fsp3) is 0.474. The predicted molar refractivity (Wildman–Crippen MR) is 105 cm³/mol. The molecule has 0 radical (unpaired) electrons. The highest BCUT2D eigenvalue weighted by molar-refractivity contribution is 5.74. The Kier molecular flexibility index (Phi) is 5.81. The van der Waals surface area contributed by atoms with Crippen LogP contribution in [0.5, 0.6) is 0 Å². The summed E-state index contributed by atoms with van der Waals surface area (Å²) in [7, 11) is 0. The van der Waals surface area contributed by atoms with E-state index in [4.69, 9.17) is 4.74 Å². The van der Waals surface area contributed by atoms with E-state index in [1.807, 2.05) is 17.0 Å². The summed E-state index contributed by atoms with van der Waals surface area (Å²) in [5.41, 5.74) is 1.04. The Labute approximate surface area is 164 Å². The molecule has 0 spiro atoms. The molecule has 28 heavy (non-hydrogen) atoms. The van der Waals surface area contributed by atoms with Gasteiger partial charge in [0.1, 0.15) is 5.82 Å². The molecule has 0 atom stereocenters. The van der Waals surface area contributed by atoms with Crippen molar-refractivity contribution in [2.75, 3.05) is 62.3 Å². The molecule has 2 aromatic heterocycles. The summed E-state index contributed by atoms with van der Waals surface area (Å²) in [6, 6.07) is 5.74. The minimum absolute atomic E-state index is 0.0432. The van der Waals surface area contributed by atoms with Crippen LogP contribution in [-0.2, 0) is 11.3 Å². The maximum atomic E-state index is 12.5. The zero-order valence-corrected chi connectivity index (χ0v) is 15.8. The average Bonchev–Trinajstić information content (AvgIpc) is 2.79. The lowest BCUT2D eigenvalue weighted by Gasteiger charge is -2.34. The van der Waals surface area contributed by atoms with E-state index in [1.165, 1.54) is 0 Å². The number of nitrogens with zero attached hydrogens (tertiary/aromatic N) is 6. The topological polar surface area (TPSA) is 86.7 Å². The Bertz CT molecular complexity index is 775. The molecule has 0 aromatic carbocycles. The molecular formula is C19H25N7O2. The van der Waals surface area contributed by atoms with Crippen LogP contribution in [0.15, 0.2) is 36.8 Å². The minimum atomic E-state index is -0.0432. The number of amides is 2. The Morgan fingerprint density at radius 3 is 2.46 bits per heavy atom. The summed E-state index contributed by atoms with van der Waals surface area (Å²) in [5.74, 6) is 1.65. The maximum absolute atomic E-state index is 12.5. The first-order chi connectivity index (χ1) is 13.8. The van der Waals surface area contributed by atoms with Crippen LogP contribution in [0, 0.1) is 0 Å². The zero-order chi connectivity index (χ0) is 19.2. The number of anilines is 2. The maximum Gasteiger partial charge on any atom is 0.317 e. The monoisotopic (exact) mass is 383 g/mol. The molecule has 2 aliphatic rings. The molecule has 0 saturated carbocycles.